The van der Waals surface area contributed by atoms with Crippen molar-refractivity contribution in [3.05, 3.63) is 53.9 Å². The van der Waals surface area contributed by atoms with Crippen molar-refractivity contribution in [2.24, 2.45) is 7.05 Å². The summed E-state index contributed by atoms with van der Waals surface area (Å²) in [6.07, 6.45) is 1.31. The number of aromatic nitrogens is 1. The van der Waals surface area contributed by atoms with E-state index in [4.69, 9.17) is 0 Å². The molecule has 134 valence electrons. The molecule has 1 aromatic carbocycles. The summed E-state index contributed by atoms with van der Waals surface area (Å²) in [4.78, 5) is 23.9. The predicted octanol–water partition coefficient (Wildman–Crippen LogP) is 0.831. The first-order valence-electron chi connectivity index (χ1n) is 7.32. The minimum Gasteiger partial charge on any atom is -0.479 e. The van der Waals surface area contributed by atoms with Gasteiger partial charge in [0.15, 0.2) is 6.04 Å². The van der Waals surface area contributed by atoms with Gasteiger partial charge in [-0.15, -0.1) is 0 Å². The maximum atomic E-state index is 12.5. The fourth-order valence-corrected chi connectivity index (χ4v) is 3.22. The zero-order valence-electron chi connectivity index (χ0n) is 14.0. The number of benzene rings is 1. The highest BCUT2D eigenvalue weighted by Crippen LogP contribution is 2.18. The molecule has 9 heteroatoms. The zero-order valence-corrected chi connectivity index (χ0v) is 14.8. The Morgan fingerprint density at radius 1 is 1.20 bits per heavy atom. The molecular formula is C16H19N3O5S. The summed E-state index contributed by atoms with van der Waals surface area (Å²) < 4.78 is 26.7. The van der Waals surface area contributed by atoms with Crippen LogP contribution >= 0.6 is 0 Å². The van der Waals surface area contributed by atoms with Crippen molar-refractivity contribution in [2.45, 2.75) is 10.9 Å². The van der Waals surface area contributed by atoms with Gasteiger partial charge in [-0.05, 0) is 11.6 Å². The molecular weight excluding hydrogens is 346 g/mol. The summed E-state index contributed by atoms with van der Waals surface area (Å²) in [5.74, 6) is -1.89. The number of hydrogen-bond donors (Lipinski definition) is 2. The van der Waals surface area contributed by atoms with Crippen LogP contribution in [-0.2, 0) is 21.9 Å². The summed E-state index contributed by atoms with van der Waals surface area (Å²) >= 11 is 0. The van der Waals surface area contributed by atoms with Crippen LogP contribution in [0.1, 0.15) is 22.1 Å². The third-order valence-electron chi connectivity index (χ3n) is 3.65. The zero-order chi connectivity index (χ0) is 18.8. The quantitative estimate of drug-likeness (QED) is 0.788. The van der Waals surface area contributed by atoms with Crippen molar-refractivity contribution >= 4 is 21.9 Å². The first-order valence-corrected chi connectivity index (χ1v) is 8.76. The van der Waals surface area contributed by atoms with Gasteiger partial charge in [0.1, 0.15) is 10.6 Å². The summed E-state index contributed by atoms with van der Waals surface area (Å²) in [7, 11) is 0.597. The van der Waals surface area contributed by atoms with E-state index in [0.29, 0.717) is 5.56 Å². The van der Waals surface area contributed by atoms with Gasteiger partial charge in [0.2, 0.25) is 10.0 Å². The maximum Gasteiger partial charge on any atom is 0.330 e. The lowest BCUT2D eigenvalue weighted by atomic mass is 10.1. The molecule has 0 saturated carbocycles. The van der Waals surface area contributed by atoms with E-state index in [-0.39, 0.29) is 10.6 Å². The Morgan fingerprint density at radius 3 is 2.32 bits per heavy atom. The number of nitrogens with zero attached hydrogens (tertiary/aromatic N) is 2. The normalized spacial score (nSPS) is 12.8. The van der Waals surface area contributed by atoms with Crippen LogP contribution in [-0.4, -0.2) is 48.4 Å². The molecule has 2 N–H and O–H groups in total. The Hall–Kier alpha value is -2.65. The van der Waals surface area contributed by atoms with Crippen molar-refractivity contribution in [2.75, 3.05) is 14.1 Å². The van der Waals surface area contributed by atoms with E-state index >= 15 is 0 Å². The Labute approximate surface area is 145 Å². The number of carboxylic acid groups (broad SMARTS) is 1. The third kappa shape index (κ3) is 3.89. The van der Waals surface area contributed by atoms with E-state index in [1.54, 1.807) is 30.3 Å². The van der Waals surface area contributed by atoms with Gasteiger partial charge >= 0.3 is 5.97 Å². The van der Waals surface area contributed by atoms with Gasteiger partial charge in [-0.25, -0.2) is 17.5 Å². The van der Waals surface area contributed by atoms with E-state index in [2.05, 4.69) is 5.32 Å². The second-order valence-electron chi connectivity index (χ2n) is 5.61. The Morgan fingerprint density at radius 2 is 1.80 bits per heavy atom. The SMILES string of the molecule is CN(C)S(=O)(=O)c1cc(C(=O)N[C@@H](C(=O)O)c2ccccc2)n(C)c1. The molecule has 0 aliphatic carbocycles. The van der Waals surface area contributed by atoms with Crippen LogP contribution in [0.4, 0.5) is 0 Å². The molecule has 0 unspecified atom stereocenters. The van der Waals surface area contributed by atoms with Gasteiger partial charge in [0, 0.05) is 27.3 Å². The van der Waals surface area contributed by atoms with Gasteiger partial charge in [-0.1, -0.05) is 30.3 Å². The smallest absolute Gasteiger partial charge is 0.330 e. The van der Waals surface area contributed by atoms with E-state index in [9.17, 15) is 23.1 Å². The van der Waals surface area contributed by atoms with Crippen LogP contribution in [0.3, 0.4) is 0 Å². The van der Waals surface area contributed by atoms with Crippen LogP contribution in [0.5, 0.6) is 0 Å². The highest BCUT2D eigenvalue weighted by atomic mass is 32.2. The second-order valence-corrected chi connectivity index (χ2v) is 7.77. The lowest BCUT2D eigenvalue weighted by molar-refractivity contribution is -0.139. The molecule has 1 atom stereocenters. The number of nitrogens with one attached hydrogen (secondary N) is 1. The average Bonchev–Trinajstić information content (AvgIpc) is 2.95. The van der Waals surface area contributed by atoms with E-state index in [0.717, 1.165) is 4.31 Å². The molecule has 25 heavy (non-hydrogen) atoms. The van der Waals surface area contributed by atoms with Crippen molar-refractivity contribution in [3.8, 4) is 0 Å². The predicted molar refractivity (Wildman–Crippen MR) is 90.6 cm³/mol. The Balaban J connectivity index is 2.32. The number of amides is 1. The molecule has 0 spiro atoms. The van der Waals surface area contributed by atoms with Crippen molar-refractivity contribution in [1.82, 2.24) is 14.2 Å². The fourth-order valence-electron chi connectivity index (χ4n) is 2.25. The summed E-state index contributed by atoms with van der Waals surface area (Å²) in [5, 5.41) is 11.8. The van der Waals surface area contributed by atoms with Gasteiger partial charge in [-0.2, -0.15) is 0 Å². The van der Waals surface area contributed by atoms with E-state index in [1.165, 1.54) is 38.0 Å². The number of aliphatic carboxylic acids is 1. The second kappa shape index (κ2) is 7.08. The van der Waals surface area contributed by atoms with Crippen LogP contribution in [0.15, 0.2) is 47.5 Å². The highest BCUT2D eigenvalue weighted by Gasteiger charge is 2.26. The van der Waals surface area contributed by atoms with Gasteiger partial charge < -0.3 is 15.0 Å². The summed E-state index contributed by atoms with van der Waals surface area (Å²) in [6.45, 7) is 0. The molecule has 1 aromatic heterocycles. The molecule has 0 aliphatic rings. The number of sulfonamides is 1. The van der Waals surface area contributed by atoms with Crippen molar-refractivity contribution < 1.29 is 23.1 Å². The Kier molecular flexibility index (Phi) is 5.29. The van der Waals surface area contributed by atoms with Gasteiger partial charge in [-0.3, -0.25) is 4.79 Å². The number of rotatable bonds is 6. The first-order chi connectivity index (χ1) is 11.6. The molecule has 0 fully saturated rings. The number of carbonyl (C=O) groups is 2. The molecule has 0 aliphatic heterocycles. The number of carbonyl (C=O) groups excluding carboxylic acids is 1. The van der Waals surface area contributed by atoms with E-state index in [1.807, 2.05) is 0 Å². The largest absolute Gasteiger partial charge is 0.479 e. The van der Waals surface area contributed by atoms with Gasteiger partial charge in [0.05, 0.1) is 0 Å². The maximum absolute atomic E-state index is 12.5. The molecule has 1 amide bonds. The van der Waals surface area contributed by atoms with Crippen LogP contribution in [0, 0.1) is 0 Å². The molecule has 0 radical (unpaired) electrons. The fraction of sp³-hybridized carbons (Fsp3) is 0.250. The van der Waals surface area contributed by atoms with Gasteiger partial charge in [0.25, 0.3) is 5.91 Å². The molecule has 8 nitrogen and oxygen atoms in total. The number of aryl methyl sites for hydroxylation is 1. The molecule has 2 aromatic rings. The van der Waals surface area contributed by atoms with Crippen LogP contribution in [0.2, 0.25) is 0 Å². The molecule has 0 saturated heterocycles. The number of hydrogen-bond acceptors (Lipinski definition) is 4. The minimum absolute atomic E-state index is 0.0441. The average molecular weight is 365 g/mol. The molecule has 1 heterocycles. The van der Waals surface area contributed by atoms with Crippen LogP contribution in [0.25, 0.3) is 0 Å². The highest BCUT2D eigenvalue weighted by molar-refractivity contribution is 7.89. The topological polar surface area (TPSA) is 109 Å². The molecule has 0 bridgehead atoms. The summed E-state index contributed by atoms with van der Waals surface area (Å²) in [5.41, 5.74) is 0.460. The number of carboxylic acids is 1. The standard InChI is InChI=1S/C16H19N3O5S/c1-18(2)25(23,24)12-9-13(19(3)10-12)15(20)17-14(16(21)22)11-7-5-4-6-8-11/h4-10,14H,1-3H3,(H,17,20)(H,21,22)/t14-/m1/s1. The Bertz CT molecular complexity index is 888. The lowest BCUT2D eigenvalue weighted by Gasteiger charge is -2.15. The first kappa shape index (κ1) is 18.7. The van der Waals surface area contributed by atoms with E-state index < -0.39 is 27.9 Å². The lowest BCUT2D eigenvalue weighted by Crippen LogP contribution is -2.34. The van der Waals surface area contributed by atoms with Crippen molar-refractivity contribution in [3.63, 3.8) is 0 Å². The third-order valence-corrected chi connectivity index (χ3v) is 5.43. The van der Waals surface area contributed by atoms with Crippen LogP contribution < -0.4 is 5.32 Å². The minimum atomic E-state index is -3.69. The van der Waals surface area contributed by atoms with Crippen molar-refractivity contribution in [1.29, 1.82) is 0 Å². The summed E-state index contributed by atoms with van der Waals surface area (Å²) in [6, 6.07) is 8.23. The monoisotopic (exact) mass is 365 g/mol. The molecule has 2 rings (SSSR count).